The first-order valence-electron chi connectivity index (χ1n) is 6.05. The van der Waals surface area contributed by atoms with Crippen LogP contribution in [0.4, 0.5) is 0 Å². The molecule has 23 heavy (non-hydrogen) atoms. The van der Waals surface area contributed by atoms with Gasteiger partial charge < -0.3 is 9.11 Å². The van der Waals surface area contributed by atoms with Crippen molar-refractivity contribution in [3.63, 3.8) is 0 Å². The Bertz CT molecular complexity index is 752. The monoisotopic (exact) mass is 401 g/mol. The summed E-state index contributed by atoms with van der Waals surface area (Å²) in [5.74, 6) is 0. The Morgan fingerprint density at radius 2 is 0.826 bits per heavy atom. The van der Waals surface area contributed by atoms with Crippen LogP contribution in [0.5, 0.6) is 0 Å². The summed E-state index contributed by atoms with van der Waals surface area (Å²) in [6.07, 6.45) is 0. The van der Waals surface area contributed by atoms with E-state index in [1.54, 1.807) is 24.3 Å². The number of aryl methyl sites for hydroxylation is 2. The number of rotatable bonds is 2. The topological polar surface area (TPSA) is 114 Å². The van der Waals surface area contributed by atoms with Gasteiger partial charge in [-0.2, -0.15) is 0 Å². The molecule has 0 saturated carbocycles. The minimum Gasteiger partial charge on any atom is -0.744 e. The van der Waals surface area contributed by atoms with Crippen molar-refractivity contribution in [3.8, 4) is 0 Å². The van der Waals surface area contributed by atoms with E-state index in [-0.39, 0.29) is 26.6 Å². The Morgan fingerprint density at radius 3 is 1.00 bits per heavy atom. The van der Waals surface area contributed by atoms with Crippen molar-refractivity contribution in [1.29, 1.82) is 0 Å². The van der Waals surface area contributed by atoms with Crippen LogP contribution in [-0.2, 0) is 37.0 Å². The molecule has 0 heterocycles. The second-order valence-corrected chi connectivity index (χ2v) is 7.29. The maximum absolute atomic E-state index is 10.4. The van der Waals surface area contributed by atoms with Crippen LogP contribution in [0, 0.1) is 13.8 Å². The van der Waals surface area contributed by atoms with Gasteiger partial charge in [-0.3, -0.25) is 0 Å². The van der Waals surface area contributed by atoms with Crippen molar-refractivity contribution >= 4 is 20.2 Å². The molecule has 2 aromatic rings. The summed E-state index contributed by atoms with van der Waals surface area (Å²) in [6.45, 7) is 3.64. The summed E-state index contributed by atoms with van der Waals surface area (Å²) < 4.78 is 62.3. The van der Waals surface area contributed by atoms with Crippen molar-refractivity contribution in [2.45, 2.75) is 23.6 Å². The van der Waals surface area contributed by atoms with Gasteiger partial charge in [0, 0.05) is 0 Å². The molecule has 0 aliphatic heterocycles. The van der Waals surface area contributed by atoms with Crippen molar-refractivity contribution in [2.75, 3.05) is 0 Å². The van der Waals surface area contributed by atoms with Crippen LogP contribution in [0.25, 0.3) is 0 Å². The largest absolute Gasteiger partial charge is 2.00 e. The summed E-state index contributed by atoms with van der Waals surface area (Å²) in [6, 6.07) is 11.6. The van der Waals surface area contributed by atoms with E-state index >= 15 is 0 Å². The maximum Gasteiger partial charge on any atom is 2.00 e. The van der Waals surface area contributed by atoms with E-state index < -0.39 is 20.2 Å². The Labute approximate surface area is 146 Å². The van der Waals surface area contributed by atoms with Gasteiger partial charge in [0.1, 0.15) is 20.2 Å². The van der Waals surface area contributed by atoms with Crippen molar-refractivity contribution in [1.82, 2.24) is 0 Å². The normalized spacial score (nSPS) is 11.0. The third kappa shape index (κ3) is 7.73. The molecule has 0 spiro atoms. The van der Waals surface area contributed by atoms with Crippen LogP contribution in [-0.4, -0.2) is 25.9 Å². The smallest absolute Gasteiger partial charge is 0.744 e. The third-order valence-electron chi connectivity index (χ3n) is 2.62. The third-order valence-corrected chi connectivity index (χ3v) is 4.32. The van der Waals surface area contributed by atoms with Gasteiger partial charge in [0.15, 0.2) is 0 Å². The van der Waals surface area contributed by atoms with E-state index in [0.29, 0.717) is 0 Å². The zero-order valence-electron chi connectivity index (χ0n) is 12.2. The first-order chi connectivity index (χ1) is 10.00. The average Bonchev–Trinajstić information content (AvgIpc) is 2.38. The second-order valence-electron chi connectivity index (χ2n) is 4.53. The quantitative estimate of drug-likeness (QED) is 0.709. The minimum atomic E-state index is -4.27. The molecule has 127 valence electrons. The van der Waals surface area contributed by atoms with Gasteiger partial charge in [-0.05, 0) is 38.1 Å². The van der Waals surface area contributed by atoms with Crippen molar-refractivity contribution < 1.29 is 42.7 Å². The predicted molar refractivity (Wildman–Crippen MR) is 78.3 cm³/mol. The summed E-state index contributed by atoms with van der Waals surface area (Å²) in [5.41, 5.74) is 1.86. The van der Waals surface area contributed by atoms with Crippen molar-refractivity contribution in [3.05, 3.63) is 59.7 Å². The molecule has 1 radical (unpaired) electrons. The van der Waals surface area contributed by atoms with Crippen molar-refractivity contribution in [2.24, 2.45) is 0 Å². The van der Waals surface area contributed by atoms with Gasteiger partial charge in [-0.25, -0.2) is 16.8 Å². The fourth-order valence-electron chi connectivity index (χ4n) is 1.41. The van der Waals surface area contributed by atoms with E-state index in [1.165, 1.54) is 24.3 Å². The Hall–Kier alpha value is -1.23. The van der Waals surface area contributed by atoms with Crippen LogP contribution in [0.15, 0.2) is 58.3 Å². The molecular weight excluding hydrogens is 387 g/mol. The summed E-state index contributed by atoms with van der Waals surface area (Å²) in [5, 5.41) is 0. The number of hydrogen-bond donors (Lipinski definition) is 0. The molecule has 0 fully saturated rings. The first kappa shape index (κ1) is 21.8. The molecule has 9 heteroatoms. The molecule has 0 atom stereocenters. The summed E-state index contributed by atoms with van der Waals surface area (Å²) in [7, 11) is -8.54. The molecule has 0 amide bonds. The van der Waals surface area contributed by atoms with Gasteiger partial charge in [0.2, 0.25) is 0 Å². The molecule has 0 saturated heterocycles. The molecular formula is C14H14CoO6S2. The molecule has 0 N–H and O–H groups in total. The standard InChI is InChI=1S/2C7H8O3S.Co/c2*1-6-2-4-7(5-3-6)11(8,9)10;/h2*2-5H,1H3,(H,8,9,10);/q;;+2/p-2. The molecule has 2 aromatic carbocycles. The summed E-state index contributed by atoms with van der Waals surface area (Å²) >= 11 is 0. The molecule has 0 aliphatic rings. The Morgan fingerprint density at radius 1 is 0.609 bits per heavy atom. The molecule has 0 aromatic heterocycles. The molecule has 0 bridgehead atoms. The molecule has 2 rings (SSSR count). The van der Waals surface area contributed by atoms with Crippen LogP contribution in [0.1, 0.15) is 11.1 Å². The van der Waals surface area contributed by atoms with E-state index in [4.69, 9.17) is 0 Å². The van der Waals surface area contributed by atoms with E-state index in [9.17, 15) is 25.9 Å². The fraction of sp³-hybridized carbons (Fsp3) is 0.143. The Kier molecular flexibility index (Phi) is 8.11. The number of benzene rings is 2. The molecule has 6 nitrogen and oxygen atoms in total. The van der Waals surface area contributed by atoms with Crippen LogP contribution >= 0.6 is 0 Å². The van der Waals surface area contributed by atoms with Crippen LogP contribution in [0.3, 0.4) is 0 Å². The van der Waals surface area contributed by atoms with Gasteiger partial charge in [-0.1, -0.05) is 35.4 Å². The molecule has 0 unspecified atom stereocenters. The van der Waals surface area contributed by atoms with Gasteiger partial charge in [0.05, 0.1) is 9.79 Å². The molecule has 0 aliphatic carbocycles. The van der Waals surface area contributed by atoms with Gasteiger partial charge in [0.25, 0.3) is 0 Å². The predicted octanol–water partition coefficient (Wildman–Crippen LogP) is 1.80. The van der Waals surface area contributed by atoms with Crippen LogP contribution < -0.4 is 0 Å². The van der Waals surface area contributed by atoms with E-state index in [0.717, 1.165) is 11.1 Å². The maximum atomic E-state index is 10.4. The van der Waals surface area contributed by atoms with Gasteiger partial charge in [-0.15, -0.1) is 0 Å². The average molecular weight is 401 g/mol. The second kappa shape index (κ2) is 8.57. The van der Waals surface area contributed by atoms with E-state index in [1.807, 2.05) is 13.8 Å². The SMILES string of the molecule is Cc1ccc(S(=O)(=O)[O-])cc1.Cc1ccc(S(=O)(=O)[O-])cc1.[Co+2]. The zero-order valence-corrected chi connectivity index (χ0v) is 14.9. The van der Waals surface area contributed by atoms with Crippen LogP contribution in [0.2, 0.25) is 0 Å². The Balaban J connectivity index is 0.000000403. The summed E-state index contributed by atoms with van der Waals surface area (Å²) in [4.78, 5) is -0.355. The number of hydrogen-bond acceptors (Lipinski definition) is 6. The zero-order chi connectivity index (χ0) is 17.0. The minimum absolute atomic E-state index is 0. The first-order valence-corrected chi connectivity index (χ1v) is 8.87. The van der Waals surface area contributed by atoms with E-state index in [2.05, 4.69) is 0 Å². The fourth-order valence-corrected chi connectivity index (χ4v) is 2.35. The van der Waals surface area contributed by atoms with Gasteiger partial charge >= 0.3 is 16.8 Å².